The Morgan fingerprint density at radius 2 is 1.57 bits per heavy atom. The quantitative estimate of drug-likeness (QED) is 0.392. The molecule has 0 spiro atoms. The monoisotopic (exact) mass is 596 g/mol. The number of rotatable bonds is 6. The molecule has 42 heavy (non-hydrogen) atoms. The summed E-state index contributed by atoms with van der Waals surface area (Å²) in [5.74, 6) is 5.34. The van der Waals surface area contributed by atoms with Gasteiger partial charge in [-0.2, -0.15) is 26.3 Å². The van der Waals surface area contributed by atoms with Crippen LogP contribution in [0.2, 0.25) is 0 Å². The predicted octanol–water partition coefficient (Wildman–Crippen LogP) is 4.55. The van der Waals surface area contributed by atoms with Gasteiger partial charge in [0.25, 0.3) is 5.91 Å². The largest absolute Gasteiger partial charge is 0.416 e. The lowest BCUT2D eigenvalue weighted by Gasteiger charge is -2.41. The van der Waals surface area contributed by atoms with Crippen molar-refractivity contribution in [3.63, 3.8) is 0 Å². The van der Waals surface area contributed by atoms with Crippen LogP contribution in [0.4, 0.5) is 26.3 Å². The molecule has 4 rings (SSSR count). The van der Waals surface area contributed by atoms with E-state index in [1.165, 1.54) is 4.90 Å². The zero-order valence-corrected chi connectivity index (χ0v) is 23.5. The van der Waals surface area contributed by atoms with Crippen molar-refractivity contribution in [2.45, 2.75) is 38.7 Å². The molecule has 1 amide bonds. The summed E-state index contributed by atoms with van der Waals surface area (Å²) in [6, 6.07) is 6.42. The van der Waals surface area contributed by atoms with Crippen LogP contribution in [0.1, 0.15) is 38.2 Å². The molecule has 0 bridgehead atoms. The third-order valence-corrected chi connectivity index (χ3v) is 7.53. The molecule has 0 aromatic heterocycles. The number of nitrogens with one attached hydrogen (secondary N) is 1. The number of morpholine rings is 1. The second-order valence-corrected chi connectivity index (χ2v) is 10.6. The Kier molecular flexibility index (Phi) is 10.2. The number of nitrogens with zero attached hydrogens (tertiary/aromatic N) is 3. The molecule has 1 unspecified atom stereocenters. The molecule has 2 aromatic rings. The van der Waals surface area contributed by atoms with Gasteiger partial charge in [0.15, 0.2) is 0 Å². The van der Waals surface area contributed by atoms with Crippen molar-refractivity contribution >= 4 is 5.91 Å². The first-order chi connectivity index (χ1) is 19.8. The van der Waals surface area contributed by atoms with E-state index in [9.17, 15) is 31.1 Å². The molecular weight excluding hydrogens is 562 g/mol. The Bertz CT molecular complexity index is 1280. The first-order valence-corrected chi connectivity index (χ1v) is 13.7. The minimum absolute atomic E-state index is 0.0356. The molecule has 2 aromatic carbocycles. The number of benzene rings is 2. The van der Waals surface area contributed by atoms with Crippen molar-refractivity contribution in [2.24, 2.45) is 0 Å². The van der Waals surface area contributed by atoms with E-state index in [0.29, 0.717) is 57.9 Å². The molecule has 0 radical (unpaired) electrons. The molecular formula is C30H34F6N4O2. The summed E-state index contributed by atoms with van der Waals surface area (Å²) >= 11 is 0. The number of carbonyl (C=O) groups excluding carboxylic acids is 1. The van der Waals surface area contributed by atoms with E-state index in [1.807, 2.05) is 42.0 Å². The van der Waals surface area contributed by atoms with Gasteiger partial charge in [-0.1, -0.05) is 30.0 Å². The van der Waals surface area contributed by atoms with Crippen molar-refractivity contribution in [1.82, 2.24) is 20.2 Å². The number of piperazine rings is 1. The molecule has 6 nitrogen and oxygen atoms in total. The average Bonchev–Trinajstić information content (AvgIpc) is 2.94. The number of hydrogen-bond acceptors (Lipinski definition) is 5. The molecule has 2 aliphatic rings. The highest BCUT2D eigenvalue weighted by atomic mass is 19.4. The maximum atomic E-state index is 13.6. The Hall–Kier alpha value is -3.11. The highest BCUT2D eigenvalue weighted by Crippen LogP contribution is 2.37. The molecule has 2 fully saturated rings. The third-order valence-electron chi connectivity index (χ3n) is 7.53. The van der Waals surface area contributed by atoms with Crippen LogP contribution in [0, 0.1) is 25.7 Å². The number of hydrazine groups is 1. The van der Waals surface area contributed by atoms with Gasteiger partial charge in [-0.15, -0.1) is 0 Å². The predicted molar refractivity (Wildman–Crippen MR) is 146 cm³/mol. The van der Waals surface area contributed by atoms with Gasteiger partial charge in [0, 0.05) is 44.3 Å². The summed E-state index contributed by atoms with van der Waals surface area (Å²) < 4.78 is 86.2. The minimum Gasteiger partial charge on any atom is -0.379 e. The van der Waals surface area contributed by atoms with E-state index >= 15 is 0 Å². The van der Waals surface area contributed by atoms with Crippen molar-refractivity contribution in [2.75, 3.05) is 59.0 Å². The lowest BCUT2D eigenvalue weighted by Crippen LogP contribution is -2.56. The van der Waals surface area contributed by atoms with Crippen molar-refractivity contribution in [3.05, 3.63) is 69.8 Å². The zero-order chi connectivity index (χ0) is 30.5. The van der Waals surface area contributed by atoms with Crippen molar-refractivity contribution < 1.29 is 35.9 Å². The molecule has 1 atom stereocenters. The highest BCUT2D eigenvalue weighted by Gasteiger charge is 2.39. The molecule has 2 heterocycles. The fourth-order valence-electron chi connectivity index (χ4n) is 5.06. The van der Waals surface area contributed by atoms with Crippen LogP contribution in [-0.2, 0) is 23.5 Å². The number of amides is 1. The van der Waals surface area contributed by atoms with Gasteiger partial charge < -0.3 is 9.64 Å². The molecule has 0 saturated carbocycles. The van der Waals surface area contributed by atoms with Gasteiger partial charge in [-0.25, -0.2) is 10.4 Å². The minimum atomic E-state index is -5.04. The first kappa shape index (κ1) is 31.8. The maximum Gasteiger partial charge on any atom is 0.416 e. The van der Waals surface area contributed by atoms with Gasteiger partial charge >= 0.3 is 12.4 Å². The van der Waals surface area contributed by atoms with Crippen LogP contribution in [0.15, 0.2) is 36.4 Å². The summed E-state index contributed by atoms with van der Waals surface area (Å²) in [4.78, 5) is 17.0. The average molecular weight is 597 g/mol. The molecule has 228 valence electrons. The van der Waals surface area contributed by atoms with Crippen LogP contribution in [0.5, 0.6) is 0 Å². The summed E-state index contributed by atoms with van der Waals surface area (Å²) in [5.41, 5.74) is 2.63. The Labute approximate surface area is 241 Å². The molecule has 0 aliphatic carbocycles. The van der Waals surface area contributed by atoms with Crippen LogP contribution in [0.3, 0.4) is 0 Å². The Morgan fingerprint density at radius 1 is 0.905 bits per heavy atom. The Morgan fingerprint density at radius 3 is 2.19 bits per heavy atom. The summed E-state index contributed by atoms with van der Waals surface area (Å²) in [5, 5.41) is 2.04. The fraction of sp³-hybridized carbons (Fsp3) is 0.500. The van der Waals surface area contributed by atoms with E-state index in [0.717, 1.165) is 29.8 Å². The Balaban J connectivity index is 1.53. The van der Waals surface area contributed by atoms with Crippen LogP contribution in [0.25, 0.3) is 0 Å². The fourth-order valence-corrected chi connectivity index (χ4v) is 5.06. The third kappa shape index (κ3) is 8.47. The number of halogens is 6. The standard InChI is InChI=1S/C30H34F6N4O2/c1-21-5-6-23(15-22(21)2)16-27-20-38(8-4-3-7-37-39-11-13-42-14-12-39)9-10-40(27)28(41)24-17-25(29(31,32)33)19-26(18-24)30(34,35)36/h5-6,15,17-19,27,37H,7-14,16,20H2,1-2H3. The van der Waals surface area contributed by atoms with E-state index < -0.39 is 41.0 Å². The number of carbonyl (C=O) groups is 1. The van der Waals surface area contributed by atoms with E-state index in [1.54, 1.807) is 0 Å². The molecule has 2 saturated heterocycles. The smallest absolute Gasteiger partial charge is 0.379 e. The normalized spacial score (nSPS) is 19.0. The SMILES string of the molecule is Cc1ccc(CC2CN(CC#CCNN3CCOCC3)CCN2C(=O)c2cc(C(F)(F)F)cc(C(F)(F)F)c2)cc1C. The number of alkyl halides is 6. The zero-order valence-electron chi connectivity index (χ0n) is 23.5. The van der Waals surface area contributed by atoms with Gasteiger partial charge in [0.2, 0.25) is 0 Å². The van der Waals surface area contributed by atoms with Gasteiger partial charge in [-0.3, -0.25) is 9.69 Å². The van der Waals surface area contributed by atoms with Gasteiger partial charge in [0.05, 0.1) is 37.4 Å². The molecule has 1 N–H and O–H groups in total. The van der Waals surface area contributed by atoms with Crippen LogP contribution < -0.4 is 5.43 Å². The first-order valence-electron chi connectivity index (χ1n) is 13.7. The van der Waals surface area contributed by atoms with Crippen molar-refractivity contribution in [1.29, 1.82) is 0 Å². The van der Waals surface area contributed by atoms with Crippen LogP contribution in [-0.4, -0.2) is 85.8 Å². The molecule has 2 aliphatic heterocycles. The van der Waals surface area contributed by atoms with Gasteiger partial charge in [0.1, 0.15) is 0 Å². The topological polar surface area (TPSA) is 48.0 Å². The maximum absolute atomic E-state index is 13.6. The number of hydrogen-bond donors (Lipinski definition) is 1. The second-order valence-electron chi connectivity index (χ2n) is 10.6. The lowest BCUT2D eigenvalue weighted by atomic mass is 9.97. The van der Waals surface area contributed by atoms with E-state index in [-0.39, 0.29) is 12.6 Å². The van der Waals surface area contributed by atoms with Gasteiger partial charge in [-0.05, 0) is 55.2 Å². The summed E-state index contributed by atoms with van der Waals surface area (Å²) in [7, 11) is 0. The number of aryl methyl sites for hydroxylation is 2. The highest BCUT2D eigenvalue weighted by molar-refractivity contribution is 5.95. The summed E-state index contributed by atoms with van der Waals surface area (Å²) in [6.45, 7) is 8.54. The second kappa shape index (κ2) is 13.5. The van der Waals surface area contributed by atoms with E-state index in [4.69, 9.17) is 4.74 Å². The number of ether oxygens (including phenoxy) is 1. The van der Waals surface area contributed by atoms with Crippen LogP contribution >= 0.6 is 0 Å². The van der Waals surface area contributed by atoms with Crippen molar-refractivity contribution in [3.8, 4) is 11.8 Å². The summed E-state index contributed by atoms with van der Waals surface area (Å²) in [6.07, 6.45) is -9.69. The lowest BCUT2D eigenvalue weighted by molar-refractivity contribution is -0.143. The van der Waals surface area contributed by atoms with E-state index in [2.05, 4.69) is 17.3 Å². The molecule has 12 heteroatoms.